The Morgan fingerprint density at radius 1 is 1.07 bits per heavy atom. The van der Waals surface area contributed by atoms with Gasteiger partial charge in [0.15, 0.2) is 0 Å². The SMILES string of the molecule is CN1CCC(N(C)C2CCC(N)CC2)C1. The first kappa shape index (κ1) is 11.4. The topological polar surface area (TPSA) is 32.5 Å². The molecule has 0 aromatic rings. The Morgan fingerprint density at radius 3 is 2.27 bits per heavy atom. The average molecular weight is 211 g/mol. The van der Waals surface area contributed by atoms with Crippen LogP contribution in [-0.2, 0) is 0 Å². The molecule has 1 aliphatic carbocycles. The molecular formula is C12H25N3. The second kappa shape index (κ2) is 4.81. The number of hydrogen-bond donors (Lipinski definition) is 1. The maximum atomic E-state index is 5.95. The zero-order valence-electron chi connectivity index (χ0n) is 10.2. The summed E-state index contributed by atoms with van der Waals surface area (Å²) >= 11 is 0. The summed E-state index contributed by atoms with van der Waals surface area (Å²) in [4.78, 5) is 5.06. The largest absolute Gasteiger partial charge is 0.328 e. The highest BCUT2D eigenvalue weighted by atomic mass is 15.2. The van der Waals surface area contributed by atoms with E-state index in [4.69, 9.17) is 5.73 Å². The van der Waals surface area contributed by atoms with E-state index in [1.807, 2.05) is 0 Å². The van der Waals surface area contributed by atoms with Crippen LogP contribution in [0.2, 0.25) is 0 Å². The van der Waals surface area contributed by atoms with Crippen molar-refractivity contribution >= 4 is 0 Å². The van der Waals surface area contributed by atoms with Crippen molar-refractivity contribution in [2.24, 2.45) is 5.73 Å². The van der Waals surface area contributed by atoms with Crippen LogP contribution in [-0.4, -0.2) is 55.1 Å². The van der Waals surface area contributed by atoms with Gasteiger partial charge in [-0.2, -0.15) is 0 Å². The van der Waals surface area contributed by atoms with E-state index in [0.717, 1.165) is 12.1 Å². The number of rotatable bonds is 2. The Bertz CT molecular complexity index is 199. The first-order valence-corrected chi connectivity index (χ1v) is 6.33. The van der Waals surface area contributed by atoms with Crippen molar-refractivity contribution in [3.63, 3.8) is 0 Å². The van der Waals surface area contributed by atoms with Gasteiger partial charge in [0.05, 0.1) is 0 Å². The molecular weight excluding hydrogens is 186 g/mol. The Labute approximate surface area is 93.6 Å². The number of nitrogens with zero attached hydrogens (tertiary/aromatic N) is 2. The van der Waals surface area contributed by atoms with Gasteiger partial charge in [-0.25, -0.2) is 0 Å². The van der Waals surface area contributed by atoms with Crippen molar-refractivity contribution in [1.29, 1.82) is 0 Å². The standard InChI is InChI=1S/C12H25N3/c1-14-8-7-12(9-14)15(2)11-5-3-10(13)4-6-11/h10-12H,3-9,13H2,1-2H3. The summed E-state index contributed by atoms with van der Waals surface area (Å²) in [6, 6.07) is 2.05. The van der Waals surface area contributed by atoms with Crippen LogP contribution in [0, 0.1) is 0 Å². The summed E-state index contributed by atoms with van der Waals surface area (Å²) in [5.74, 6) is 0. The molecule has 15 heavy (non-hydrogen) atoms. The molecule has 2 rings (SSSR count). The molecule has 0 aromatic carbocycles. The molecule has 2 aliphatic rings. The molecule has 0 amide bonds. The first-order chi connectivity index (χ1) is 7.16. The average Bonchev–Trinajstić information content (AvgIpc) is 2.65. The van der Waals surface area contributed by atoms with Crippen molar-refractivity contribution in [3.8, 4) is 0 Å². The Hall–Kier alpha value is -0.120. The van der Waals surface area contributed by atoms with E-state index in [9.17, 15) is 0 Å². The van der Waals surface area contributed by atoms with E-state index in [1.54, 1.807) is 0 Å². The van der Waals surface area contributed by atoms with Gasteiger partial charge in [0, 0.05) is 24.7 Å². The summed E-state index contributed by atoms with van der Waals surface area (Å²) in [5.41, 5.74) is 5.95. The molecule has 1 unspecified atom stereocenters. The first-order valence-electron chi connectivity index (χ1n) is 6.33. The molecule has 1 heterocycles. The van der Waals surface area contributed by atoms with Gasteiger partial charge in [0.2, 0.25) is 0 Å². The minimum absolute atomic E-state index is 0.473. The molecule has 3 nitrogen and oxygen atoms in total. The van der Waals surface area contributed by atoms with Gasteiger partial charge in [-0.15, -0.1) is 0 Å². The fourth-order valence-electron chi connectivity index (χ4n) is 3.05. The lowest BCUT2D eigenvalue weighted by atomic mass is 9.90. The van der Waals surface area contributed by atoms with Crippen molar-refractivity contribution < 1.29 is 0 Å². The van der Waals surface area contributed by atoms with Crippen LogP contribution < -0.4 is 5.73 Å². The number of nitrogens with two attached hydrogens (primary N) is 1. The van der Waals surface area contributed by atoms with Crippen molar-refractivity contribution in [2.45, 2.75) is 50.2 Å². The van der Waals surface area contributed by atoms with Crippen molar-refractivity contribution in [2.75, 3.05) is 27.2 Å². The van der Waals surface area contributed by atoms with E-state index < -0.39 is 0 Å². The van der Waals surface area contributed by atoms with Crippen LogP contribution in [0.15, 0.2) is 0 Å². The Kier molecular flexibility index (Phi) is 3.65. The van der Waals surface area contributed by atoms with Crippen LogP contribution in [0.5, 0.6) is 0 Å². The fourth-order valence-corrected chi connectivity index (χ4v) is 3.05. The molecule has 1 saturated carbocycles. The monoisotopic (exact) mass is 211 g/mol. The van der Waals surface area contributed by atoms with Gasteiger partial charge >= 0.3 is 0 Å². The van der Waals surface area contributed by atoms with E-state index >= 15 is 0 Å². The van der Waals surface area contributed by atoms with E-state index in [0.29, 0.717) is 6.04 Å². The smallest absolute Gasteiger partial charge is 0.0235 e. The van der Waals surface area contributed by atoms with Gasteiger partial charge in [-0.05, 0) is 52.7 Å². The third-order valence-electron chi connectivity index (χ3n) is 4.26. The van der Waals surface area contributed by atoms with Crippen molar-refractivity contribution in [1.82, 2.24) is 9.80 Å². The number of likely N-dealkylation sites (N-methyl/N-ethyl adjacent to an activating group) is 2. The van der Waals surface area contributed by atoms with E-state index in [2.05, 4.69) is 23.9 Å². The lowest BCUT2D eigenvalue weighted by Gasteiger charge is -2.37. The highest BCUT2D eigenvalue weighted by Crippen LogP contribution is 2.25. The minimum Gasteiger partial charge on any atom is -0.328 e. The fraction of sp³-hybridized carbons (Fsp3) is 1.00. The van der Waals surface area contributed by atoms with E-state index in [1.165, 1.54) is 45.2 Å². The minimum atomic E-state index is 0.473. The molecule has 0 spiro atoms. The zero-order valence-corrected chi connectivity index (χ0v) is 10.2. The van der Waals surface area contributed by atoms with Gasteiger partial charge in [0.1, 0.15) is 0 Å². The number of hydrogen-bond acceptors (Lipinski definition) is 3. The van der Waals surface area contributed by atoms with Crippen LogP contribution >= 0.6 is 0 Å². The predicted molar refractivity (Wildman–Crippen MR) is 63.9 cm³/mol. The molecule has 1 atom stereocenters. The molecule has 88 valence electrons. The second-order valence-corrected chi connectivity index (χ2v) is 5.44. The molecule has 2 fully saturated rings. The third kappa shape index (κ3) is 2.71. The highest BCUT2D eigenvalue weighted by molar-refractivity contribution is 4.87. The van der Waals surface area contributed by atoms with Crippen LogP contribution in [0.25, 0.3) is 0 Å². The molecule has 3 heteroatoms. The van der Waals surface area contributed by atoms with Gasteiger partial charge in [0.25, 0.3) is 0 Å². The lowest BCUT2D eigenvalue weighted by molar-refractivity contribution is 0.134. The quantitative estimate of drug-likeness (QED) is 0.736. The Morgan fingerprint density at radius 2 is 1.73 bits per heavy atom. The Balaban J connectivity index is 1.82. The molecule has 1 aliphatic heterocycles. The molecule has 1 saturated heterocycles. The summed E-state index contributed by atoms with van der Waals surface area (Å²) in [7, 11) is 4.54. The summed E-state index contributed by atoms with van der Waals surface area (Å²) in [6.07, 6.45) is 6.39. The molecule has 2 N–H and O–H groups in total. The molecule has 0 bridgehead atoms. The summed E-state index contributed by atoms with van der Waals surface area (Å²) in [5, 5.41) is 0. The van der Waals surface area contributed by atoms with Crippen molar-refractivity contribution in [3.05, 3.63) is 0 Å². The van der Waals surface area contributed by atoms with Gasteiger partial charge in [-0.3, -0.25) is 4.90 Å². The van der Waals surface area contributed by atoms with E-state index in [-0.39, 0.29) is 0 Å². The normalized spacial score (nSPS) is 38.8. The van der Waals surface area contributed by atoms with Gasteiger partial charge in [-0.1, -0.05) is 0 Å². The zero-order chi connectivity index (χ0) is 10.8. The highest BCUT2D eigenvalue weighted by Gasteiger charge is 2.29. The second-order valence-electron chi connectivity index (χ2n) is 5.44. The van der Waals surface area contributed by atoms with Crippen LogP contribution in [0.3, 0.4) is 0 Å². The summed E-state index contributed by atoms with van der Waals surface area (Å²) in [6.45, 7) is 2.51. The molecule has 0 aromatic heterocycles. The summed E-state index contributed by atoms with van der Waals surface area (Å²) < 4.78 is 0. The maximum absolute atomic E-state index is 5.95. The van der Waals surface area contributed by atoms with Gasteiger partial charge < -0.3 is 10.6 Å². The third-order valence-corrected chi connectivity index (χ3v) is 4.26. The number of likely N-dealkylation sites (tertiary alicyclic amines) is 1. The van der Waals surface area contributed by atoms with Crippen LogP contribution in [0.1, 0.15) is 32.1 Å². The maximum Gasteiger partial charge on any atom is 0.0235 e. The predicted octanol–water partition coefficient (Wildman–Crippen LogP) is 0.892. The molecule has 0 radical (unpaired) electrons. The lowest BCUT2D eigenvalue weighted by Crippen LogP contribution is -2.44. The van der Waals surface area contributed by atoms with Crippen LogP contribution in [0.4, 0.5) is 0 Å².